The van der Waals surface area contributed by atoms with Gasteiger partial charge in [-0.25, -0.2) is 0 Å². The zero-order valence-electron chi connectivity index (χ0n) is 9.65. The highest BCUT2D eigenvalue weighted by molar-refractivity contribution is 5.76. The molecule has 16 heavy (non-hydrogen) atoms. The molecule has 1 aromatic rings. The van der Waals surface area contributed by atoms with Gasteiger partial charge < -0.3 is 9.64 Å². The van der Waals surface area contributed by atoms with E-state index < -0.39 is 0 Å². The Balaban J connectivity index is 2.98. The summed E-state index contributed by atoms with van der Waals surface area (Å²) in [6.45, 7) is 2.07. The van der Waals surface area contributed by atoms with E-state index in [0.717, 1.165) is 11.3 Å². The van der Waals surface area contributed by atoms with Gasteiger partial charge in [0, 0.05) is 7.05 Å². The summed E-state index contributed by atoms with van der Waals surface area (Å²) >= 11 is 0. The average Bonchev–Trinajstić information content (AvgIpc) is 2.28. The highest BCUT2D eigenvalue weighted by atomic mass is 16.5. The van der Waals surface area contributed by atoms with Crippen LogP contribution in [0.5, 0.6) is 0 Å². The molecule has 0 radical (unpaired) electrons. The third kappa shape index (κ3) is 2.74. The number of likely N-dealkylation sites (N-methyl/N-ethyl adjacent to an activating group) is 1. The lowest BCUT2D eigenvalue weighted by molar-refractivity contribution is -0.138. The molecule has 0 unspecified atom stereocenters. The van der Waals surface area contributed by atoms with Crippen LogP contribution in [0, 0.1) is 18.3 Å². The number of rotatable bonds is 3. The van der Waals surface area contributed by atoms with Crippen molar-refractivity contribution in [2.75, 3.05) is 25.6 Å². The topological polar surface area (TPSA) is 53.3 Å². The SMILES string of the molecule is COC(=O)CN(C)c1cc(C)ccc1C#N. The molecule has 0 aliphatic carbocycles. The lowest BCUT2D eigenvalue weighted by Gasteiger charge is -2.19. The van der Waals surface area contributed by atoms with Gasteiger partial charge in [0.15, 0.2) is 0 Å². The third-order valence-corrected chi connectivity index (χ3v) is 2.28. The van der Waals surface area contributed by atoms with E-state index in [1.165, 1.54) is 7.11 Å². The molecule has 4 heteroatoms. The summed E-state index contributed by atoms with van der Waals surface area (Å²) in [6, 6.07) is 7.60. The molecule has 0 N–H and O–H groups in total. The molecule has 0 saturated carbocycles. The van der Waals surface area contributed by atoms with Gasteiger partial charge in [0.25, 0.3) is 0 Å². The van der Waals surface area contributed by atoms with Gasteiger partial charge in [0.05, 0.1) is 18.4 Å². The largest absolute Gasteiger partial charge is 0.468 e. The van der Waals surface area contributed by atoms with Crippen molar-refractivity contribution in [2.45, 2.75) is 6.92 Å². The maximum Gasteiger partial charge on any atom is 0.325 e. The Hall–Kier alpha value is -2.02. The van der Waals surface area contributed by atoms with Crippen LogP contribution in [0.25, 0.3) is 0 Å². The molecular formula is C12H14N2O2. The number of carbonyl (C=O) groups is 1. The Labute approximate surface area is 95.0 Å². The van der Waals surface area contributed by atoms with Crippen LogP contribution in [0.1, 0.15) is 11.1 Å². The lowest BCUT2D eigenvalue weighted by Crippen LogP contribution is -2.27. The Kier molecular flexibility index (Phi) is 3.90. The Morgan fingerprint density at radius 1 is 1.56 bits per heavy atom. The Morgan fingerprint density at radius 2 is 2.25 bits per heavy atom. The highest BCUT2D eigenvalue weighted by Crippen LogP contribution is 2.20. The fraction of sp³-hybridized carbons (Fsp3) is 0.333. The second-order valence-electron chi connectivity index (χ2n) is 3.56. The standard InChI is InChI=1S/C12H14N2O2/c1-9-4-5-10(7-13)11(6-9)14(2)8-12(15)16-3/h4-6H,8H2,1-3H3. The Bertz CT molecular complexity index is 435. The molecule has 0 heterocycles. The van der Waals surface area contributed by atoms with Gasteiger partial charge in [-0.2, -0.15) is 5.26 Å². The molecule has 84 valence electrons. The van der Waals surface area contributed by atoms with E-state index in [2.05, 4.69) is 10.8 Å². The second kappa shape index (κ2) is 5.17. The first kappa shape index (κ1) is 12.1. The predicted molar refractivity (Wildman–Crippen MR) is 61.2 cm³/mol. The van der Waals surface area contributed by atoms with E-state index >= 15 is 0 Å². The number of hydrogen-bond acceptors (Lipinski definition) is 4. The molecular weight excluding hydrogens is 204 g/mol. The van der Waals surface area contributed by atoms with Crippen LogP contribution < -0.4 is 4.90 Å². The van der Waals surface area contributed by atoms with E-state index in [4.69, 9.17) is 5.26 Å². The van der Waals surface area contributed by atoms with Crippen LogP contribution in [0.15, 0.2) is 18.2 Å². The van der Waals surface area contributed by atoms with Gasteiger partial charge >= 0.3 is 5.97 Å². The van der Waals surface area contributed by atoms with Crippen LogP contribution in [0.4, 0.5) is 5.69 Å². The van der Waals surface area contributed by atoms with E-state index in [1.807, 2.05) is 19.1 Å². The molecule has 1 rings (SSSR count). The minimum absolute atomic E-state index is 0.134. The summed E-state index contributed by atoms with van der Waals surface area (Å²) in [5.74, 6) is -0.326. The van der Waals surface area contributed by atoms with Gasteiger partial charge in [-0.3, -0.25) is 4.79 Å². The van der Waals surface area contributed by atoms with E-state index in [9.17, 15) is 4.79 Å². The average molecular weight is 218 g/mol. The van der Waals surface area contributed by atoms with Crippen molar-refractivity contribution in [1.29, 1.82) is 5.26 Å². The number of nitriles is 1. The van der Waals surface area contributed by atoms with Crippen molar-refractivity contribution >= 4 is 11.7 Å². The summed E-state index contributed by atoms with van der Waals surface area (Å²) in [5.41, 5.74) is 2.34. The molecule has 0 atom stereocenters. The first-order chi connectivity index (χ1) is 7.58. The molecule has 0 saturated heterocycles. The zero-order valence-corrected chi connectivity index (χ0v) is 9.65. The van der Waals surface area contributed by atoms with Gasteiger partial charge in [-0.15, -0.1) is 0 Å². The van der Waals surface area contributed by atoms with Gasteiger partial charge in [0.2, 0.25) is 0 Å². The quantitative estimate of drug-likeness (QED) is 0.721. The molecule has 0 aliphatic rings. The highest BCUT2D eigenvalue weighted by Gasteiger charge is 2.11. The van der Waals surface area contributed by atoms with Crippen LogP contribution in [-0.4, -0.2) is 26.7 Å². The molecule has 0 aliphatic heterocycles. The molecule has 1 aromatic carbocycles. The molecule has 0 amide bonds. The van der Waals surface area contributed by atoms with Crippen LogP contribution in [-0.2, 0) is 9.53 Å². The lowest BCUT2D eigenvalue weighted by atomic mass is 10.1. The van der Waals surface area contributed by atoms with Crippen molar-refractivity contribution in [3.05, 3.63) is 29.3 Å². The number of carbonyl (C=O) groups excluding carboxylic acids is 1. The second-order valence-corrected chi connectivity index (χ2v) is 3.56. The smallest absolute Gasteiger partial charge is 0.325 e. The third-order valence-electron chi connectivity index (χ3n) is 2.28. The van der Waals surface area contributed by atoms with Crippen molar-refractivity contribution in [3.63, 3.8) is 0 Å². The summed E-state index contributed by atoms with van der Waals surface area (Å²) < 4.78 is 4.58. The van der Waals surface area contributed by atoms with Crippen molar-refractivity contribution in [1.82, 2.24) is 0 Å². The molecule has 0 spiro atoms. The van der Waals surface area contributed by atoms with Gasteiger partial charge in [0.1, 0.15) is 12.6 Å². The monoisotopic (exact) mass is 218 g/mol. The maximum absolute atomic E-state index is 11.1. The van der Waals surface area contributed by atoms with Crippen LogP contribution in [0.3, 0.4) is 0 Å². The number of benzene rings is 1. The molecule has 4 nitrogen and oxygen atoms in total. The van der Waals surface area contributed by atoms with E-state index in [1.54, 1.807) is 18.0 Å². The van der Waals surface area contributed by atoms with Crippen LogP contribution in [0.2, 0.25) is 0 Å². The van der Waals surface area contributed by atoms with Gasteiger partial charge in [-0.1, -0.05) is 6.07 Å². The van der Waals surface area contributed by atoms with Gasteiger partial charge in [-0.05, 0) is 24.6 Å². The number of nitrogens with zero attached hydrogens (tertiary/aromatic N) is 2. The number of esters is 1. The predicted octanol–water partition coefficient (Wildman–Crippen LogP) is 1.48. The summed E-state index contributed by atoms with van der Waals surface area (Å²) in [4.78, 5) is 12.8. The summed E-state index contributed by atoms with van der Waals surface area (Å²) in [5, 5.41) is 8.96. The molecule has 0 fully saturated rings. The van der Waals surface area contributed by atoms with E-state index in [-0.39, 0.29) is 12.5 Å². The first-order valence-electron chi connectivity index (χ1n) is 4.87. The summed E-state index contributed by atoms with van der Waals surface area (Å²) in [7, 11) is 3.10. The number of aryl methyl sites for hydroxylation is 1. The molecule has 0 bridgehead atoms. The zero-order chi connectivity index (χ0) is 12.1. The van der Waals surface area contributed by atoms with E-state index in [0.29, 0.717) is 5.56 Å². The fourth-order valence-corrected chi connectivity index (χ4v) is 1.40. The molecule has 0 aromatic heterocycles. The summed E-state index contributed by atoms with van der Waals surface area (Å²) in [6.07, 6.45) is 0. The normalized spacial score (nSPS) is 9.38. The van der Waals surface area contributed by atoms with Crippen LogP contribution >= 0.6 is 0 Å². The number of ether oxygens (including phenoxy) is 1. The minimum Gasteiger partial charge on any atom is -0.468 e. The van der Waals surface area contributed by atoms with Crippen molar-refractivity contribution in [3.8, 4) is 6.07 Å². The number of anilines is 1. The minimum atomic E-state index is -0.326. The number of methoxy groups -OCH3 is 1. The first-order valence-corrected chi connectivity index (χ1v) is 4.87. The maximum atomic E-state index is 11.1. The Morgan fingerprint density at radius 3 is 2.81 bits per heavy atom. The number of hydrogen-bond donors (Lipinski definition) is 0. The fourth-order valence-electron chi connectivity index (χ4n) is 1.40. The van der Waals surface area contributed by atoms with Crippen molar-refractivity contribution in [2.24, 2.45) is 0 Å². The van der Waals surface area contributed by atoms with Crippen molar-refractivity contribution < 1.29 is 9.53 Å².